The number of rotatable bonds is 5. The van der Waals surface area contributed by atoms with Gasteiger partial charge in [0.25, 0.3) is 5.91 Å². The third-order valence-corrected chi connectivity index (χ3v) is 6.92. The number of hydrogen-bond acceptors (Lipinski definition) is 6. The second-order valence-electron chi connectivity index (χ2n) is 8.27. The van der Waals surface area contributed by atoms with Crippen LogP contribution in [0.3, 0.4) is 0 Å². The summed E-state index contributed by atoms with van der Waals surface area (Å²) in [5.41, 5.74) is 3.54. The SMILES string of the molecule is CCn1cc(C(=O)Nc2nc3c(s2)CN(Cc2ccccc2)CC3)c(=O)c2ccc(C)nc21. The maximum atomic E-state index is 13.0. The Kier molecular flexibility index (Phi) is 5.78. The Morgan fingerprint density at radius 3 is 2.76 bits per heavy atom. The molecule has 0 saturated heterocycles. The van der Waals surface area contributed by atoms with E-state index in [1.165, 1.54) is 16.9 Å². The zero-order chi connectivity index (χ0) is 22.9. The highest BCUT2D eigenvalue weighted by Gasteiger charge is 2.23. The molecular weight excluding hydrogens is 434 g/mol. The van der Waals surface area contributed by atoms with Crippen LogP contribution in [0.15, 0.2) is 53.5 Å². The summed E-state index contributed by atoms with van der Waals surface area (Å²) in [6.07, 6.45) is 2.44. The summed E-state index contributed by atoms with van der Waals surface area (Å²) in [4.78, 5) is 38.7. The van der Waals surface area contributed by atoms with Crippen molar-refractivity contribution in [2.24, 2.45) is 0 Å². The van der Waals surface area contributed by atoms with Gasteiger partial charge in [0.15, 0.2) is 5.13 Å². The Balaban J connectivity index is 1.36. The highest BCUT2D eigenvalue weighted by Crippen LogP contribution is 2.29. The molecule has 0 fully saturated rings. The summed E-state index contributed by atoms with van der Waals surface area (Å²) in [6, 6.07) is 13.9. The van der Waals surface area contributed by atoms with E-state index in [-0.39, 0.29) is 11.0 Å². The van der Waals surface area contributed by atoms with E-state index in [9.17, 15) is 9.59 Å². The minimum absolute atomic E-state index is 0.105. The van der Waals surface area contributed by atoms with E-state index >= 15 is 0 Å². The van der Waals surface area contributed by atoms with Crippen molar-refractivity contribution in [2.45, 2.75) is 39.9 Å². The van der Waals surface area contributed by atoms with Gasteiger partial charge in [-0.05, 0) is 31.5 Å². The maximum Gasteiger partial charge on any atom is 0.262 e. The highest BCUT2D eigenvalue weighted by molar-refractivity contribution is 7.15. The van der Waals surface area contributed by atoms with Crippen LogP contribution >= 0.6 is 11.3 Å². The number of hydrogen-bond donors (Lipinski definition) is 1. The third-order valence-electron chi connectivity index (χ3n) is 5.93. The van der Waals surface area contributed by atoms with Gasteiger partial charge in [-0.3, -0.25) is 19.8 Å². The Morgan fingerprint density at radius 2 is 1.97 bits per heavy atom. The monoisotopic (exact) mass is 459 g/mol. The van der Waals surface area contributed by atoms with Crippen molar-refractivity contribution in [1.82, 2.24) is 19.4 Å². The van der Waals surface area contributed by atoms with Crippen LogP contribution in [0, 0.1) is 6.92 Å². The van der Waals surface area contributed by atoms with Gasteiger partial charge >= 0.3 is 0 Å². The first-order valence-corrected chi connectivity index (χ1v) is 11.9. The number of carbonyl (C=O) groups excluding carboxylic acids is 1. The Bertz CT molecular complexity index is 1390. The molecule has 1 amide bonds. The summed E-state index contributed by atoms with van der Waals surface area (Å²) in [7, 11) is 0. The van der Waals surface area contributed by atoms with Crippen molar-refractivity contribution in [3.05, 3.63) is 86.3 Å². The van der Waals surface area contributed by atoms with E-state index in [4.69, 9.17) is 0 Å². The lowest BCUT2D eigenvalue weighted by molar-refractivity contribution is 0.102. The number of anilines is 1. The van der Waals surface area contributed by atoms with Crippen LogP contribution in [0.1, 0.15) is 39.1 Å². The molecule has 4 heterocycles. The Hall–Kier alpha value is -3.36. The Morgan fingerprint density at radius 1 is 1.15 bits per heavy atom. The molecule has 0 bridgehead atoms. The van der Waals surface area contributed by atoms with E-state index in [0.717, 1.165) is 42.3 Å². The number of amides is 1. The fourth-order valence-electron chi connectivity index (χ4n) is 4.21. The van der Waals surface area contributed by atoms with Crippen molar-refractivity contribution in [3.63, 3.8) is 0 Å². The largest absolute Gasteiger partial charge is 0.332 e. The van der Waals surface area contributed by atoms with Crippen molar-refractivity contribution in [2.75, 3.05) is 11.9 Å². The topological polar surface area (TPSA) is 80.1 Å². The van der Waals surface area contributed by atoms with Crippen LogP contribution in [0.4, 0.5) is 5.13 Å². The van der Waals surface area contributed by atoms with E-state index < -0.39 is 5.91 Å². The number of nitrogens with one attached hydrogen (secondary N) is 1. The third kappa shape index (κ3) is 4.31. The fraction of sp³-hybridized carbons (Fsp3) is 0.280. The van der Waals surface area contributed by atoms with Crippen LogP contribution in [0.25, 0.3) is 11.0 Å². The molecule has 3 aromatic heterocycles. The number of nitrogens with zero attached hydrogens (tertiary/aromatic N) is 4. The summed E-state index contributed by atoms with van der Waals surface area (Å²) in [6.45, 7) is 7.08. The summed E-state index contributed by atoms with van der Waals surface area (Å²) >= 11 is 1.49. The first-order chi connectivity index (χ1) is 16.0. The molecule has 0 spiro atoms. The molecule has 0 atom stereocenters. The number of pyridine rings is 2. The molecule has 0 unspecified atom stereocenters. The molecule has 168 valence electrons. The standard InChI is InChI=1S/C25H25N5O2S/c1-3-30-14-19(22(31)18-10-9-16(2)26-23(18)30)24(32)28-25-27-20-11-12-29(15-21(20)33-25)13-17-7-5-4-6-8-17/h4-10,14H,3,11-13,15H2,1-2H3,(H,27,28,32). The molecule has 7 nitrogen and oxygen atoms in total. The smallest absolute Gasteiger partial charge is 0.262 e. The van der Waals surface area contributed by atoms with Crippen LogP contribution in [-0.4, -0.2) is 31.9 Å². The van der Waals surface area contributed by atoms with Gasteiger partial charge in [-0.1, -0.05) is 30.3 Å². The lowest BCUT2D eigenvalue weighted by Gasteiger charge is -2.25. The number of aryl methyl sites for hydroxylation is 2. The molecule has 1 aliphatic rings. The maximum absolute atomic E-state index is 13.0. The number of carbonyl (C=O) groups is 1. The first-order valence-electron chi connectivity index (χ1n) is 11.1. The van der Waals surface area contributed by atoms with Crippen LogP contribution in [-0.2, 0) is 26.1 Å². The van der Waals surface area contributed by atoms with Crippen molar-refractivity contribution in [3.8, 4) is 0 Å². The van der Waals surface area contributed by atoms with Gasteiger partial charge in [0, 0.05) is 49.4 Å². The van der Waals surface area contributed by atoms with Gasteiger partial charge in [0.1, 0.15) is 11.2 Å². The highest BCUT2D eigenvalue weighted by atomic mass is 32.1. The fourth-order valence-corrected chi connectivity index (χ4v) is 5.25. The summed E-state index contributed by atoms with van der Waals surface area (Å²) in [5, 5.41) is 3.85. The molecule has 5 rings (SSSR count). The Labute approximate surface area is 195 Å². The molecule has 0 aliphatic carbocycles. The van der Waals surface area contributed by atoms with E-state index in [2.05, 4.69) is 44.5 Å². The number of aromatic nitrogens is 3. The minimum Gasteiger partial charge on any atom is -0.332 e. The van der Waals surface area contributed by atoms with Crippen molar-refractivity contribution >= 4 is 33.4 Å². The predicted molar refractivity (Wildman–Crippen MR) is 131 cm³/mol. The number of thiazole rings is 1. The van der Waals surface area contributed by atoms with Gasteiger partial charge in [-0.25, -0.2) is 9.97 Å². The lowest BCUT2D eigenvalue weighted by Crippen LogP contribution is -2.29. The second kappa shape index (κ2) is 8.88. The lowest BCUT2D eigenvalue weighted by atomic mass is 10.1. The number of fused-ring (bicyclic) bond motifs is 2. The average molecular weight is 460 g/mol. The van der Waals surface area contributed by atoms with Crippen molar-refractivity contribution < 1.29 is 4.79 Å². The predicted octanol–water partition coefficient (Wildman–Crippen LogP) is 3.99. The molecule has 1 N–H and O–H groups in total. The van der Waals surface area contributed by atoms with Gasteiger partial charge in [-0.15, -0.1) is 11.3 Å². The second-order valence-corrected chi connectivity index (χ2v) is 9.35. The van der Waals surface area contributed by atoms with E-state index in [1.54, 1.807) is 18.3 Å². The first kappa shape index (κ1) is 21.5. The molecule has 1 aromatic carbocycles. The van der Waals surface area contributed by atoms with Crippen LogP contribution in [0.2, 0.25) is 0 Å². The zero-order valence-corrected chi connectivity index (χ0v) is 19.5. The molecule has 8 heteroatoms. The van der Waals surface area contributed by atoms with Crippen LogP contribution in [0.5, 0.6) is 0 Å². The molecule has 4 aromatic rings. The van der Waals surface area contributed by atoms with E-state index in [0.29, 0.717) is 22.7 Å². The number of benzene rings is 1. The zero-order valence-electron chi connectivity index (χ0n) is 18.7. The van der Waals surface area contributed by atoms with Crippen LogP contribution < -0.4 is 10.7 Å². The molecule has 0 saturated carbocycles. The van der Waals surface area contributed by atoms with Crippen molar-refractivity contribution in [1.29, 1.82) is 0 Å². The molecule has 33 heavy (non-hydrogen) atoms. The average Bonchev–Trinajstić information content (AvgIpc) is 3.21. The van der Waals surface area contributed by atoms with E-state index in [1.807, 2.05) is 24.5 Å². The normalized spacial score (nSPS) is 13.8. The van der Waals surface area contributed by atoms with Gasteiger partial charge < -0.3 is 4.57 Å². The quantitative estimate of drug-likeness (QED) is 0.488. The van der Waals surface area contributed by atoms with Gasteiger partial charge in [0.2, 0.25) is 5.43 Å². The molecule has 1 aliphatic heterocycles. The molecular formula is C25H25N5O2S. The van der Waals surface area contributed by atoms with Gasteiger partial charge in [0.05, 0.1) is 11.1 Å². The summed E-state index contributed by atoms with van der Waals surface area (Å²) in [5.74, 6) is -0.433. The summed E-state index contributed by atoms with van der Waals surface area (Å²) < 4.78 is 1.84. The van der Waals surface area contributed by atoms with Gasteiger partial charge in [-0.2, -0.15) is 0 Å². The minimum atomic E-state index is -0.433. The molecule has 0 radical (unpaired) electrons.